The molecule has 0 fully saturated rings. The Labute approximate surface area is 125 Å². The van der Waals surface area contributed by atoms with Gasteiger partial charge < -0.3 is 4.74 Å². The number of rotatable bonds is 9. The van der Waals surface area contributed by atoms with Crippen molar-refractivity contribution in [3.05, 3.63) is 12.4 Å². The zero-order valence-corrected chi connectivity index (χ0v) is 13.7. The van der Waals surface area contributed by atoms with Gasteiger partial charge in [0.05, 0.1) is 12.8 Å². The molecule has 0 atom stereocenters. The first-order chi connectivity index (χ1) is 9.43. The number of hydrogen-bond acceptors (Lipinski definition) is 4. The highest BCUT2D eigenvalue weighted by Crippen LogP contribution is 2.17. The van der Waals surface area contributed by atoms with Gasteiger partial charge in [-0.05, 0) is 20.3 Å². The Morgan fingerprint density at radius 1 is 1.50 bits per heavy atom. The standard InChI is InChI=1S/C12H22ClN3O3S/c1-11(2)16(7-8-19-3)20(17,18)12-9-14-15(10-12)6-4-5-13/h9-11H,4-8H2,1-3H3. The SMILES string of the molecule is COCCN(C(C)C)S(=O)(=O)c1cnn(CCCCl)c1. The Kier molecular flexibility index (Phi) is 6.94. The number of sulfonamides is 1. The van der Waals surface area contributed by atoms with Crippen molar-refractivity contribution >= 4 is 21.6 Å². The molecule has 6 nitrogen and oxygen atoms in total. The summed E-state index contributed by atoms with van der Waals surface area (Å²) >= 11 is 5.62. The number of methoxy groups -OCH3 is 1. The van der Waals surface area contributed by atoms with Gasteiger partial charge in [-0.2, -0.15) is 9.40 Å². The lowest BCUT2D eigenvalue weighted by Crippen LogP contribution is -2.39. The number of alkyl halides is 1. The van der Waals surface area contributed by atoms with Crippen LogP contribution >= 0.6 is 11.6 Å². The van der Waals surface area contributed by atoms with Gasteiger partial charge in [0.15, 0.2) is 0 Å². The molecule has 116 valence electrons. The molecule has 1 heterocycles. The minimum absolute atomic E-state index is 0.138. The molecule has 1 rings (SSSR count). The third-order valence-corrected chi connectivity index (χ3v) is 5.12. The van der Waals surface area contributed by atoms with Crippen LogP contribution in [0.4, 0.5) is 0 Å². The minimum atomic E-state index is -3.54. The Balaban J connectivity index is 2.91. The van der Waals surface area contributed by atoms with Crippen molar-refractivity contribution in [2.75, 3.05) is 26.1 Å². The lowest BCUT2D eigenvalue weighted by atomic mass is 10.4. The van der Waals surface area contributed by atoms with Crippen LogP contribution in [0.15, 0.2) is 17.3 Å². The summed E-state index contributed by atoms with van der Waals surface area (Å²) < 4.78 is 33.1. The molecule has 1 aromatic heterocycles. The normalized spacial score (nSPS) is 12.5. The van der Waals surface area contributed by atoms with E-state index in [1.165, 1.54) is 10.5 Å². The van der Waals surface area contributed by atoms with E-state index in [4.69, 9.17) is 16.3 Å². The topological polar surface area (TPSA) is 64.4 Å². The van der Waals surface area contributed by atoms with Gasteiger partial charge in [0.1, 0.15) is 4.90 Å². The van der Waals surface area contributed by atoms with E-state index in [1.54, 1.807) is 18.0 Å². The van der Waals surface area contributed by atoms with Crippen molar-refractivity contribution < 1.29 is 13.2 Å². The molecule has 0 aliphatic heterocycles. The second kappa shape index (κ2) is 7.97. The number of aromatic nitrogens is 2. The quantitative estimate of drug-likeness (QED) is 0.647. The fourth-order valence-electron chi connectivity index (χ4n) is 1.79. The number of hydrogen-bond donors (Lipinski definition) is 0. The molecule has 0 aliphatic rings. The molecule has 0 bridgehead atoms. The molecule has 0 N–H and O–H groups in total. The molecule has 0 spiro atoms. The molecule has 0 saturated carbocycles. The molecule has 8 heteroatoms. The fraction of sp³-hybridized carbons (Fsp3) is 0.750. The maximum absolute atomic E-state index is 12.6. The summed E-state index contributed by atoms with van der Waals surface area (Å²) in [5.74, 6) is 0.522. The van der Waals surface area contributed by atoms with Crippen LogP contribution in [0.25, 0.3) is 0 Å². The van der Waals surface area contributed by atoms with Crippen molar-refractivity contribution in [1.82, 2.24) is 14.1 Å². The van der Waals surface area contributed by atoms with Crippen molar-refractivity contribution in [3.8, 4) is 0 Å². The van der Waals surface area contributed by atoms with Gasteiger partial charge in [0, 0.05) is 38.3 Å². The van der Waals surface area contributed by atoms with E-state index in [1.807, 2.05) is 13.8 Å². The summed E-state index contributed by atoms with van der Waals surface area (Å²) in [6.45, 7) is 4.97. The Morgan fingerprint density at radius 3 is 2.75 bits per heavy atom. The zero-order chi connectivity index (χ0) is 15.2. The minimum Gasteiger partial charge on any atom is -0.383 e. The van der Waals surface area contributed by atoms with Crippen LogP contribution in [0.1, 0.15) is 20.3 Å². The third kappa shape index (κ3) is 4.44. The van der Waals surface area contributed by atoms with E-state index in [2.05, 4.69) is 5.10 Å². The van der Waals surface area contributed by atoms with Crippen LogP contribution in [0, 0.1) is 0 Å². The Morgan fingerprint density at radius 2 is 2.20 bits per heavy atom. The van der Waals surface area contributed by atoms with E-state index in [9.17, 15) is 8.42 Å². The van der Waals surface area contributed by atoms with E-state index in [-0.39, 0.29) is 10.9 Å². The van der Waals surface area contributed by atoms with Crippen LogP contribution in [0.3, 0.4) is 0 Å². The molecule has 0 aromatic carbocycles. The first-order valence-corrected chi connectivity index (χ1v) is 8.50. The van der Waals surface area contributed by atoms with Crippen LogP contribution in [-0.2, 0) is 21.3 Å². The first kappa shape index (κ1) is 17.4. The van der Waals surface area contributed by atoms with Crippen LogP contribution in [0.2, 0.25) is 0 Å². The molecule has 1 aromatic rings. The van der Waals surface area contributed by atoms with Gasteiger partial charge in [0.25, 0.3) is 0 Å². The van der Waals surface area contributed by atoms with Crippen molar-refractivity contribution in [2.45, 2.75) is 37.8 Å². The van der Waals surface area contributed by atoms with Gasteiger partial charge in [0.2, 0.25) is 10.0 Å². The van der Waals surface area contributed by atoms with Gasteiger partial charge in [-0.15, -0.1) is 11.6 Å². The van der Waals surface area contributed by atoms with E-state index in [0.29, 0.717) is 25.6 Å². The summed E-state index contributed by atoms with van der Waals surface area (Å²) in [6, 6.07) is -0.138. The second-order valence-corrected chi connectivity index (χ2v) is 6.95. The molecular formula is C12H22ClN3O3S. The highest BCUT2D eigenvalue weighted by Gasteiger charge is 2.27. The lowest BCUT2D eigenvalue weighted by Gasteiger charge is -2.24. The Hall–Kier alpha value is -0.630. The molecule has 0 radical (unpaired) electrons. The maximum atomic E-state index is 12.6. The number of nitrogens with zero attached hydrogens (tertiary/aromatic N) is 3. The molecular weight excluding hydrogens is 302 g/mol. The van der Waals surface area contributed by atoms with E-state index in [0.717, 1.165) is 6.42 Å². The predicted molar refractivity (Wildman–Crippen MR) is 78.5 cm³/mol. The summed E-state index contributed by atoms with van der Waals surface area (Å²) in [5, 5.41) is 4.06. The van der Waals surface area contributed by atoms with Crippen molar-refractivity contribution in [3.63, 3.8) is 0 Å². The molecule has 20 heavy (non-hydrogen) atoms. The predicted octanol–water partition coefficient (Wildman–Crippen LogP) is 1.56. The van der Waals surface area contributed by atoms with Crippen molar-refractivity contribution in [2.24, 2.45) is 0 Å². The molecule has 0 amide bonds. The zero-order valence-electron chi connectivity index (χ0n) is 12.1. The van der Waals surface area contributed by atoms with E-state index < -0.39 is 10.0 Å². The largest absolute Gasteiger partial charge is 0.383 e. The van der Waals surface area contributed by atoms with Gasteiger partial charge in [-0.1, -0.05) is 0 Å². The highest BCUT2D eigenvalue weighted by atomic mass is 35.5. The lowest BCUT2D eigenvalue weighted by molar-refractivity contribution is 0.171. The smallest absolute Gasteiger partial charge is 0.246 e. The number of ether oxygens (including phenoxy) is 1. The molecule has 0 unspecified atom stereocenters. The first-order valence-electron chi connectivity index (χ1n) is 6.52. The van der Waals surface area contributed by atoms with Crippen LogP contribution < -0.4 is 0 Å². The van der Waals surface area contributed by atoms with E-state index >= 15 is 0 Å². The van der Waals surface area contributed by atoms with Gasteiger partial charge >= 0.3 is 0 Å². The van der Waals surface area contributed by atoms with Gasteiger partial charge in [-0.25, -0.2) is 8.42 Å². The average molecular weight is 324 g/mol. The highest BCUT2D eigenvalue weighted by molar-refractivity contribution is 7.89. The average Bonchev–Trinajstić information content (AvgIpc) is 2.85. The number of halogens is 1. The third-order valence-electron chi connectivity index (χ3n) is 2.83. The summed E-state index contributed by atoms with van der Waals surface area (Å²) in [4.78, 5) is 0.205. The summed E-state index contributed by atoms with van der Waals surface area (Å²) in [7, 11) is -1.99. The van der Waals surface area contributed by atoms with Gasteiger partial charge in [-0.3, -0.25) is 4.68 Å². The van der Waals surface area contributed by atoms with Crippen LogP contribution in [-0.4, -0.2) is 54.7 Å². The summed E-state index contributed by atoms with van der Waals surface area (Å²) in [5.41, 5.74) is 0. The van der Waals surface area contributed by atoms with Crippen LogP contribution in [0.5, 0.6) is 0 Å². The maximum Gasteiger partial charge on any atom is 0.246 e. The van der Waals surface area contributed by atoms with Crippen molar-refractivity contribution in [1.29, 1.82) is 0 Å². The fourth-order valence-corrected chi connectivity index (χ4v) is 3.49. The molecule has 0 aliphatic carbocycles. The molecule has 0 saturated heterocycles. The summed E-state index contributed by atoms with van der Waals surface area (Å²) in [6.07, 6.45) is 3.68. The second-order valence-electron chi connectivity index (χ2n) is 4.68. The Bertz CT molecular complexity index is 502. The monoisotopic (exact) mass is 323 g/mol. The number of aryl methyl sites for hydroxylation is 1.